The number of anilines is 1. The molecule has 0 bridgehead atoms. The van der Waals surface area contributed by atoms with Crippen LogP contribution in [0.15, 0.2) is 45.9 Å². The van der Waals surface area contributed by atoms with Gasteiger partial charge in [-0.05, 0) is 46.3 Å². The van der Waals surface area contributed by atoms with E-state index in [1.807, 2.05) is 17.0 Å². The van der Waals surface area contributed by atoms with Crippen molar-refractivity contribution in [3.05, 3.63) is 52.6 Å². The van der Waals surface area contributed by atoms with Crippen LogP contribution in [0.5, 0.6) is 0 Å². The molecule has 2 aromatic rings. The Morgan fingerprint density at radius 3 is 2.29 bits per heavy atom. The zero-order chi connectivity index (χ0) is 17.3. The molecule has 1 aromatic heterocycles. The largest absolute Gasteiger partial charge is 0.354 e. The second-order valence-electron chi connectivity index (χ2n) is 5.30. The van der Waals surface area contributed by atoms with Crippen molar-refractivity contribution in [2.75, 3.05) is 31.1 Å². The number of hydrogen-bond acceptors (Lipinski definition) is 4. The summed E-state index contributed by atoms with van der Waals surface area (Å²) in [4.78, 5) is 6.03. The van der Waals surface area contributed by atoms with Crippen molar-refractivity contribution in [2.24, 2.45) is 0 Å². The van der Waals surface area contributed by atoms with Gasteiger partial charge in [0.05, 0.1) is 4.90 Å². The summed E-state index contributed by atoms with van der Waals surface area (Å²) < 4.78 is 53.5. The SMILES string of the molecule is O=S(=O)(c1ccc(F)c(F)c1)N1CCN(c2ccc(Br)cn2)CC1. The van der Waals surface area contributed by atoms with E-state index < -0.39 is 21.7 Å². The number of sulfonamides is 1. The minimum absolute atomic E-state index is 0.239. The smallest absolute Gasteiger partial charge is 0.243 e. The third kappa shape index (κ3) is 3.42. The highest BCUT2D eigenvalue weighted by molar-refractivity contribution is 9.10. The first-order valence-electron chi connectivity index (χ1n) is 7.19. The molecule has 0 amide bonds. The third-order valence-corrected chi connectivity index (χ3v) is 6.17. The van der Waals surface area contributed by atoms with E-state index in [0.717, 1.165) is 22.4 Å². The van der Waals surface area contributed by atoms with Crippen molar-refractivity contribution >= 4 is 31.8 Å². The molecule has 0 spiro atoms. The van der Waals surface area contributed by atoms with Gasteiger partial charge in [-0.25, -0.2) is 22.2 Å². The van der Waals surface area contributed by atoms with E-state index in [0.29, 0.717) is 19.2 Å². The Morgan fingerprint density at radius 2 is 1.71 bits per heavy atom. The average Bonchev–Trinajstić information content (AvgIpc) is 2.58. The highest BCUT2D eigenvalue weighted by atomic mass is 79.9. The van der Waals surface area contributed by atoms with Gasteiger partial charge in [0, 0.05) is 36.8 Å². The second kappa shape index (κ2) is 6.73. The first-order valence-corrected chi connectivity index (χ1v) is 9.43. The predicted octanol–water partition coefficient (Wildman–Crippen LogP) is 2.63. The molecule has 1 aliphatic rings. The average molecular weight is 418 g/mol. The quantitative estimate of drug-likeness (QED) is 0.769. The van der Waals surface area contributed by atoms with Gasteiger partial charge < -0.3 is 4.90 Å². The summed E-state index contributed by atoms with van der Waals surface area (Å²) in [6.07, 6.45) is 1.68. The van der Waals surface area contributed by atoms with Gasteiger partial charge in [-0.15, -0.1) is 0 Å². The van der Waals surface area contributed by atoms with Crippen molar-refractivity contribution < 1.29 is 17.2 Å². The van der Waals surface area contributed by atoms with Crippen LogP contribution in [0.4, 0.5) is 14.6 Å². The number of piperazine rings is 1. The summed E-state index contributed by atoms with van der Waals surface area (Å²) in [5.41, 5.74) is 0. The maximum absolute atomic E-state index is 13.3. The fourth-order valence-corrected chi connectivity index (χ4v) is 4.17. The summed E-state index contributed by atoms with van der Waals surface area (Å²) in [6, 6.07) is 6.34. The molecule has 0 aliphatic carbocycles. The van der Waals surface area contributed by atoms with Crippen molar-refractivity contribution in [3.63, 3.8) is 0 Å². The van der Waals surface area contributed by atoms with Crippen LogP contribution in [-0.4, -0.2) is 43.9 Å². The van der Waals surface area contributed by atoms with Crippen molar-refractivity contribution in [1.29, 1.82) is 0 Å². The lowest BCUT2D eigenvalue weighted by Gasteiger charge is -2.34. The van der Waals surface area contributed by atoms with E-state index in [4.69, 9.17) is 0 Å². The van der Waals surface area contributed by atoms with E-state index in [1.165, 1.54) is 4.31 Å². The molecule has 1 fully saturated rings. The molecule has 2 heterocycles. The molecule has 0 radical (unpaired) electrons. The Hall–Kier alpha value is -1.58. The molecular formula is C15H14BrF2N3O2S. The molecule has 0 N–H and O–H groups in total. The lowest BCUT2D eigenvalue weighted by atomic mass is 10.3. The number of hydrogen-bond donors (Lipinski definition) is 0. The highest BCUT2D eigenvalue weighted by Crippen LogP contribution is 2.22. The Labute approximate surface area is 147 Å². The molecule has 3 rings (SSSR count). The monoisotopic (exact) mass is 417 g/mol. The number of rotatable bonds is 3. The van der Waals surface area contributed by atoms with Gasteiger partial charge in [-0.1, -0.05) is 0 Å². The number of nitrogens with zero attached hydrogens (tertiary/aromatic N) is 3. The van der Waals surface area contributed by atoms with E-state index in [-0.39, 0.29) is 18.0 Å². The first-order chi connectivity index (χ1) is 11.4. The van der Waals surface area contributed by atoms with Crippen LogP contribution in [0.3, 0.4) is 0 Å². The van der Waals surface area contributed by atoms with Crippen LogP contribution in [0.1, 0.15) is 0 Å². The summed E-state index contributed by atoms with van der Waals surface area (Å²) in [5.74, 6) is -1.48. The maximum atomic E-state index is 13.3. The number of pyridine rings is 1. The van der Waals surface area contributed by atoms with Crippen molar-refractivity contribution in [3.8, 4) is 0 Å². The number of aromatic nitrogens is 1. The minimum atomic E-state index is -3.84. The standard InChI is InChI=1S/C15H14BrF2N3O2S/c16-11-1-4-15(19-10-11)20-5-7-21(8-6-20)24(22,23)12-2-3-13(17)14(18)9-12/h1-4,9-10H,5-8H2. The van der Waals surface area contributed by atoms with Crippen LogP contribution >= 0.6 is 15.9 Å². The molecule has 0 saturated carbocycles. The van der Waals surface area contributed by atoms with Crippen molar-refractivity contribution in [1.82, 2.24) is 9.29 Å². The van der Waals surface area contributed by atoms with E-state index in [2.05, 4.69) is 20.9 Å². The summed E-state index contributed by atoms with van der Waals surface area (Å²) >= 11 is 3.32. The Kier molecular flexibility index (Phi) is 4.84. The summed E-state index contributed by atoms with van der Waals surface area (Å²) in [7, 11) is -3.84. The van der Waals surface area contributed by atoms with Crippen LogP contribution in [0, 0.1) is 11.6 Å². The van der Waals surface area contributed by atoms with E-state index in [9.17, 15) is 17.2 Å². The molecule has 1 aromatic carbocycles. The Morgan fingerprint density at radius 1 is 1.00 bits per heavy atom. The molecule has 0 unspecified atom stereocenters. The van der Waals surface area contributed by atoms with Crippen LogP contribution in [0.2, 0.25) is 0 Å². The molecule has 0 atom stereocenters. The molecule has 1 saturated heterocycles. The Balaban J connectivity index is 1.73. The number of benzene rings is 1. The zero-order valence-electron chi connectivity index (χ0n) is 12.5. The predicted molar refractivity (Wildman–Crippen MR) is 89.3 cm³/mol. The maximum Gasteiger partial charge on any atom is 0.243 e. The molecular weight excluding hydrogens is 404 g/mol. The summed E-state index contributed by atoms with van der Waals surface area (Å²) in [6.45, 7) is 1.44. The first kappa shape index (κ1) is 17.2. The van der Waals surface area contributed by atoms with Gasteiger partial charge in [0.25, 0.3) is 0 Å². The van der Waals surface area contributed by atoms with Gasteiger partial charge in [-0.3, -0.25) is 0 Å². The van der Waals surface area contributed by atoms with Crippen LogP contribution in [-0.2, 0) is 10.0 Å². The van der Waals surface area contributed by atoms with Crippen LogP contribution in [0.25, 0.3) is 0 Å². The van der Waals surface area contributed by atoms with Gasteiger partial charge in [-0.2, -0.15) is 4.31 Å². The molecule has 24 heavy (non-hydrogen) atoms. The van der Waals surface area contributed by atoms with Crippen molar-refractivity contribution in [2.45, 2.75) is 4.90 Å². The van der Waals surface area contributed by atoms with Gasteiger partial charge >= 0.3 is 0 Å². The minimum Gasteiger partial charge on any atom is -0.354 e. The van der Waals surface area contributed by atoms with Gasteiger partial charge in [0.15, 0.2) is 11.6 Å². The topological polar surface area (TPSA) is 53.5 Å². The fraction of sp³-hybridized carbons (Fsp3) is 0.267. The highest BCUT2D eigenvalue weighted by Gasteiger charge is 2.29. The molecule has 1 aliphatic heterocycles. The van der Waals surface area contributed by atoms with E-state index in [1.54, 1.807) is 6.20 Å². The lowest BCUT2D eigenvalue weighted by molar-refractivity contribution is 0.383. The van der Waals surface area contributed by atoms with E-state index >= 15 is 0 Å². The van der Waals surface area contributed by atoms with Gasteiger partial charge in [0.1, 0.15) is 5.82 Å². The molecule has 5 nitrogen and oxygen atoms in total. The second-order valence-corrected chi connectivity index (χ2v) is 8.16. The lowest BCUT2D eigenvalue weighted by Crippen LogP contribution is -2.48. The number of halogens is 3. The van der Waals surface area contributed by atoms with Gasteiger partial charge in [0.2, 0.25) is 10.0 Å². The molecule has 9 heteroatoms. The molecule has 128 valence electrons. The summed E-state index contributed by atoms with van der Waals surface area (Å²) in [5, 5.41) is 0. The Bertz CT molecular complexity index is 838. The zero-order valence-corrected chi connectivity index (χ0v) is 14.9. The third-order valence-electron chi connectivity index (χ3n) is 3.80. The normalized spacial score (nSPS) is 16.4. The van der Waals surface area contributed by atoms with Crippen LogP contribution < -0.4 is 4.90 Å². The fourth-order valence-electron chi connectivity index (χ4n) is 2.50.